The molecule has 28 heavy (non-hydrogen) atoms. The number of aromatic nitrogens is 2. The van der Waals surface area contributed by atoms with E-state index in [1.807, 2.05) is 37.3 Å². The molecule has 3 rings (SSSR count). The highest BCUT2D eigenvalue weighted by molar-refractivity contribution is 8.00. The average Bonchev–Trinajstić information content (AvgIpc) is 3.17. The molecular weight excluding hydrogens is 376 g/mol. The molecule has 0 N–H and O–H groups in total. The predicted molar refractivity (Wildman–Crippen MR) is 106 cm³/mol. The Kier molecular flexibility index (Phi) is 6.26. The Morgan fingerprint density at radius 3 is 2.54 bits per heavy atom. The standard InChI is InChI=1S/C21H20N2O4S/c1-13-8-10-16(11-9-13)20-23-22-19(27-20)15(3)26-21(25)17-6-4-5-7-18(17)28-12-14(2)24/h4-11,15H,12H2,1-3H3/t15-/m0/s1. The van der Waals surface area contributed by atoms with Crippen molar-refractivity contribution in [3.05, 3.63) is 65.5 Å². The molecule has 0 fully saturated rings. The molecule has 0 radical (unpaired) electrons. The van der Waals surface area contributed by atoms with Gasteiger partial charge < -0.3 is 9.15 Å². The first-order valence-corrected chi connectivity index (χ1v) is 9.75. The lowest BCUT2D eigenvalue weighted by atomic mass is 10.1. The molecule has 0 aliphatic rings. The zero-order valence-corrected chi connectivity index (χ0v) is 16.7. The highest BCUT2D eigenvalue weighted by Gasteiger charge is 2.21. The normalized spacial score (nSPS) is 11.8. The van der Waals surface area contributed by atoms with E-state index < -0.39 is 12.1 Å². The monoisotopic (exact) mass is 396 g/mol. The Morgan fingerprint density at radius 2 is 1.82 bits per heavy atom. The number of hydrogen-bond donors (Lipinski definition) is 0. The highest BCUT2D eigenvalue weighted by atomic mass is 32.2. The van der Waals surface area contributed by atoms with E-state index in [0.717, 1.165) is 11.1 Å². The third-order valence-electron chi connectivity index (χ3n) is 3.91. The van der Waals surface area contributed by atoms with Gasteiger partial charge in [-0.1, -0.05) is 29.8 Å². The van der Waals surface area contributed by atoms with E-state index in [-0.39, 0.29) is 11.7 Å². The summed E-state index contributed by atoms with van der Waals surface area (Å²) in [6.07, 6.45) is -0.704. The quantitative estimate of drug-likeness (QED) is 0.425. The molecule has 2 aromatic carbocycles. The van der Waals surface area contributed by atoms with Crippen LogP contribution in [-0.2, 0) is 9.53 Å². The van der Waals surface area contributed by atoms with Crippen LogP contribution in [0.25, 0.3) is 11.5 Å². The maximum Gasteiger partial charge on any atom is 0.340 e. The number of nitrogens with zero attached hydrogens (tertiary/aromatic N) is 2. The summed E-state index contributed by atoms with van der Waals surface area (Å²) in [5, 5.41) is 8.03. The first-order chi connectivity index (χ1) is 13.4. The van der Waals surface area contributed by atoms with Crippen LogP contribution < -0.4 is 0 Å². The number of esters is 1. The molecule has 144 valence electrons. The number of carbonyl (C=O) groups excluding carboxylic acids is 2. The fraction of sp³-hybridized carbons (Fsp3) is 0.238. The number of aryl methyl sites for hydroxylation is 1. The molecule has 0 aliphatic heterocycles. The molecule has 1 atom stereocenters. The molecule has 0 aliphatic carbocycles. The summed E-state index contributed by atoms with van der Waals surface area (Å²) in [4.78, 5) is 24.5. The van der Waals surface area contributed by atoms with Gasteiger partial charge in [-0.25, -0.2) is 4.79 Å². The topological polar surface area (TPSA) is 82.3 Å². The molecule has 1 aromatic heterocycles. The van der Waals surface area contributed by atoms with Gasteiger partial charge in [-0.05, 0) is 45.0 Å². The maximum atomic E-state index is 12.6. The summed E-state index contributed by atoms with van der Waals surface area (Å²) in [6, 6.07) is 14.7. The van der Waals surface area contributed by atoms with Crippen LogP contribution in [0.1, 0.15) is 41.8 Å². The number of benzene rings is 2. The highest BCUT2D eigenvalue weighted by Crippen LogP contribution is 2.27. The third kappa shape index (κ3) is 4.86. The van der Waals surface area contributed by atoms with Crippen LogP contribution in [0.15, 0.2) is 57.8 Å². The zero-order valence-electron chi connectivity index (χ0n) is 15.8. The van der Waals surface area contributed by atoms with Crippen molar-refractivity contribution in [2.45, 2.75) is 31.8 Å². The Balaban J connectivity index is 1.71. The second kappa shape index (κ2) is 8.84. The lowest BCUT2D eigenvalue weighted by Gasteiger charge is -2.12. The largest absolute Gasteiger partial charge is 0.449 e. The van der Waals surface area contributed by atoms with Gasteiger partial charge in [0.15, 0.2) is 6.10 Å². The van der Waals surface area contributed by atoms with Crippen molar-refractivity contribution in [1.29, 1.82) is 0 Å². The second-order valence-electron chi connectivity index (χ2n) is 6.35. The maximum absolute atomic E-state index is 12.6. The number of Topliss-reactive ketones (excluding diaryl/α,β-unsaturated/α-hetero) is 1. The van der Waals surface area contributed by atoms with Gasteiger partial charge in [-0.3, -0.25) is 4.79 Å². The van der Waals surface area contributed by atoms with E-state index in [2.05, 4.69) is 10.2 Å². The Bertz CT molecular complexity index is 982. The third-order valence-corrected chi connectivity index (χ3v) is 5.13. The van der Waals surface area contributed by atoms with Crippen molar-refractivity contribution >= 4 is 23.5 Å². The van der Waals surface area contributed by atoms with E-state index in [0.29, 0.717) is 22.1 Å². The van der Waals surface area contributed by atoms with Crippen LogP contribution in [0.4, 0.5) is 0 Å². The van der Waals surface area contributed by atoms with Crippen molar-refractivity contribution < 1.29 is 18.7 Å². The van der Waals surface area contributed by atoms with E-state index >= 15 is 0 Å². The Morgan fingerprint density at radius 1 is 1.11 bits per heavy atom. The van der Waals surface area contributed by atoms with Gasteiger partial charge in [0.1, 0.15) is 5.78 Å². The van der Waals surface area contributed by atoms with Crippen molar-refractivity contribution in [1.82, 2.24) is 10.2 Å². The molecule has 0 bridgehead atoms. The van der Waals surface area contributed by atoms with Gasteiger partial charge in [-0.15, -0.1) is 22.0 Å². The summed E-state index contributed by atoms with van der Waals surface area (Å²) in [5.74, 6) is 0.419. The lowest BCUT2D eigenvalue weighted by molar-refractivity contribution is -0.114. The van der Waals surface area contributed by atoms with Gasteiger partial charge in [0, 0.05) is 10.5 Å². The SMILES string of the molecule is CC(=O)CSc1ccccc1C(=O)O[C@@H](C)c1nnc(-c2ccc(C)cc2)o1. The number of carbonyl (C=O) groups is 2. The predicted octanol–water partition coefficient (Wildman–Crippen LogP) is 4.64. The van der Waals surface area contributed by atoms with Gasteiger partial charge in [0.25, 0.3) is 5.89 Å². The van der Waals surface area contributed by atoms with E-state index in [4.69, 9.17) is 9.15 Å². The number of rotatable bonds is 7. The van der Waals surface area contributed by atoms with Crippen LogP contribution in [0.5, 0.6) is 0 Å². The van der Waals surface area contributed by atoms with Crippen molar-refractivity contribution in [2.75, 3.05) is 5.75 Å². The van der Waals surface area contributed by atoms with Crippen molar-refractivity contribution in [3.63, 3.8) is 0 Å². The van der Waals surface area contributed by atoms with Gasteiger partial charge in [0.2, 0.25) is 5.89 Å². The van der Waals surface area contributed by atoms with E-state index in [1.165, 1.54) is 18.7 Å². The molecule has 0 spiro atoms. The molecule has 6 nitrogen and oxygen atoms in total. The van der Waals surface area contributed by atoms with Crippen LogP contribution in [0, 0.1) is 6.92 Å². The number of hydrogen-bond acceptors (Lipinski definition) is 7. The minimum absolute atomic E-state index is 0.0380. The minimum Gasteiger partial charge on any atom is -0.449 e. The smallest absolute Gasteiger partial charge is 0.340 e. The fourth-order valence-corrected chi connectivity index (χ4v) is 3.27. The lowest BCUT2D eigenvalue weighted by Crippen LogP contribution is -2.11. The van der Waals surface area contributed by atoms with Crippen LogP contribution in [0.2, 0.25) is 0 Å². The minimum atomic E-state index is -0.704. The van der Waals surface area contributed by atoms with Gasteiger partial charge in [0.05, 0.1) is 11.3 Å². The zero-order chi connectivity index (χ0) is 20.1. The molecule has 0 unspecified atom stereocenters. The molecule has 3 aromatic rings. The summed E-state index contributed by atoms with van der Waals surface area (Å²) in [6.45, 7) is 5.18. The molecule has 0 saturated heterocycles. The molecule has 1 heterocycles. The number of thioether (sulfide) groups is 1. The summed E-state index contributed by atoms with van der Waals surface area (Å²) >= 11 is 1.31. The Hall–Kier alpha value is -2.93. The van der Waals surface area contributed by atoms with Crippen molar-refractivity contribution in [3.8, 4) is 11.5 Å². The molecule has 0 amide bonds. The molecule has 0 saturated carbocycles. The summed E-state index contributed by atoms with van der Waals surface area (Å²) < 4.78 is 11.2. The number of ketones is 1. The first-order valence-electron chi connectivity index (χ1n) is 8.76. The fourth-order valence-electron chi connectivity index (χ4n) is 2.43. The van der Waals surface area contributed by atoms with E-state index in [1.54, 1.807) is 25.1 Å². The van der Waals surface area contributed by atoms with Crippen LogP contribution in [0.3, 0.4) is 0 Å². The van der Waals surface area contributed by atoms with E-state index in [9.17, 15) is 9.59 Å². The number of ether oxygens (including phenoxy) is 1. The second-order valence-corrected chi connectivity index (χ2v) is 7.36. The molecule has 7 heteroatoms. The van der Waals surface area contributed by atoms with Crippen molar-refractivity contribution in [2.24, 2.45) is 0 Å². The summed E-state index contributed by atoms with van der Waals surface area (Å²) in [5.41, 5.74) is 2.33. The summed E-state index contributed by atoms with van der Waals surface area (Å²) in [7, 11) is 0. The van der Waals surface area contributed by atoms with Crippen LogP contribution in [-0.4, -0.2) is 27.7 Å². The van der Waals surface area contributed by atoms with Gasteiger partial charge in [-0.2, -0.15) is 0 Å². The Labute approximate surface area is 167 Å². The molecular formula is C21H20N2O4S. The van der Waals surface area contributed by atoms with Crippen LogP contribution >= 0.6 is 11.8 Å². The van der Waals surface area contributed by atoms with Gasteiger partial charge >= 0.3 is 5.97 Å². The first kappa shape index (κ1) is 19.8. The average molecular weight is 396 g/mol.